The third-order valence-electron chi connectivity index (χ3n) is 2.79. The maximum Gasteiger partial charge on any atom is 0.276 e. The molecule has 22 heavy (non-hydrogen) atoms. The molecule has 108 valence electrons. The highest BCUT2D eigenvalue weighted by molar-refractivity contribution is 5.77. The second-order valence-electron chi connectivity index (χ2n) is 4.22. The predicted molar refractivity (Wildman–Crippen MR) is 76.4 cm³/mol. The summed E-state index contributed by atoms with van der Waals surface area (Å²) in [5, 5.41) is 16.3. The van der Waals surface area contributed by atoms with Crippen LogP contribution in [0.25, 0.3) is 5.78 Å². The molecule has 0 saturated heterocycles. The quantitative estimate of drug-likeness (QED) is 0.534. The SMILES string of the molecule is C(=N\c1nnc2n(/N=C/c3ccco3)cnn12)/c1ccco1. The van der Waals surface area contributed by atoms with Crippen molar-refractivity contribution in [1.82, 2.24) is 24.5 Å². The van der Waals surface area contributed by atoms with Gasteiger partial charge in [-0.15, -0.1) is 15.3 Å². The van der Waals surface area contributed by atoms with E-state index in [1.165, 1.54) is 15.5 Å². The van der Waals surface area contributed by atoms with Gasteiger partial charge in [0.1, 0.15) is 17.8 Å². The molecule has 0 aliphatic heterocycles. The van der Waals surface area contributed by atoms with Crippen molar-refractivity contribution < 1.29 is 8.83 Å². The molecule has 4 heterocycles. The summed E-state index contributed by atoms with van der Waals surface area (Å²) >= 11 is 0. The first-order valence-corrected chi connectivity index (χ1v) is 6.34. The van der Waals surface area contributed by atoms with Gasteiger partial charge in [0.05, 0.1) is 25.0 Å². The Bertz CT molecular complexity index is 850. The number of furan rings is 2. The Balaban J connectivity index is 1.64. The minimum atomic E-state index is 0.332. The van der Waals surface area contributed by atoms with Crippen LogP contribution in [0.15, 0.2) is 62.0 Å². The monoisotopic (exact) mass is 295 g/mol. The third kappa shape index (κ3) is 2.20. The molecule has 0 aliphatic rings. The maximum atomic E-state index is 5.17. The van der Waals surface area contributed by atoms with Gasteiger partial charge in [0.25, 0.3) is 11.7 Å². The molecule has 0 unspecified atom stereocenters. The summed E-state index contributed by atoms with van der Waals surface area (Å²) < 4.78 is 13.3. The highest BCUT2D eigenvalue weighted by Crippen LogP contribution is 2.10. The van der Waals surface area contributed by atoms with Crippen LogP contribution in [-0.4, -0.2) is 36.9 Å². The van der Waals surface area contributed by atoms with Crippen LogP contribution in [-0.2, 0) is 0 Å². The number of nitrogens with zero attached hydrogens (tertiary/aromatic N) is 7. The van der Waals surface area contributed by atoms with E-state index in [1.807, 2.05) is 0 Å². The molecule has 0 spiro atoms. The van der Waals surface area contributed by atoms with E-state index in [2.05, 4.69) is 25.4 Å². The zero-order chi connectivity index (χ0) is 14.8. The first-order chi connectivity index (χ1) is 10.9. The van der Waals surface area contributed by atoms with Crippen LogP contribution in [0.3, 0.4) is 0 Å². The Morgan fingerprint density at radius 3 is 2.50 bits per heavy atom. The molecule has 0 fully saturated rings. The van der Waals surface area contributed by atoms with Gasteiger partial charge >= 0.3 is 0 Å². The number of hydrogen-bond donors (Lipinski definition) is 0. The lowest BCUT2D eigenvalue weighted by Crippen LogP contribution is -1.89. The van der Waals surface area contributed by atoms with E-state index in [-0.39, 0.29) is 0 Å². The lowest BCUT2D eigenvalue weighted by molar-refractivity contribution is 0.559. The first-order valence-electron chi connectivity index (χ1n) is 6.34. The highest BCUT2D eigenvalue weighted by Gasteiger charge is 2.09. The summed E-state index contributed by atoms with van der Waals surface area (Å²) in [4.78, 5) is 4.18. The molecule has 0 atom stereocenters. The van der Waals surface area contributed by atoms with Crippen molar-refractivity contribution in [3.05, 3.63) is 54.6 Å². The Kier molecular flexibility index (Phi) is 2.86. The van der Waals surface area contributed by atoms with Gasteiger partial charge < -0.3 is 8.83 Å². The van der Waals surface area contributed by atoms with Gasteiger partial charge in [0.15, 0.2) is 0 Å². The van der Waals surface area contributed by atoms with Crippen LogP contribution in [0.5, 0.6) is 0 Å². The second-order valence-corrected chi connectivity index (χ2v) is 4.22. The van der Waals surface area contributed by atoms with Crippen LogP contribution < -0.4 is 0 Å². The smallest absolute Gasteiger partial charge is 0.276 e. The van der Waals surface area contributed by atoms with E-state index in [0.29, 0.717) is 23.2 Å². The van der Waals surface area contributed by atoms with Gasteiger partial charge in [0, 0.05) is 0 Å². The molecule has 0 amide bonds. The minimum absolute atomic E-state index is 0.332. The Hall–Kier alpha value is -3.49. The van der Waals surface area contributed by atoms with Crippen molar-refractivity contribution >= 4 is 24.2 Å². The standard InChI is InChI=1S/C13H9N7O2/c1-3-10(21-5-1)7-14-12-17-18-13-19(9-16-20(12)13)15-8-11-4-2-6-22-11/h1-9H/b14-7+,15-8+. The van der Waals surface area contributed by atoms with Crippen molar-refractivity contribution in [2.45, 2.75) is 0 Å². The molecule has 9 nitrogen and oxygen atoms in total. The first kappa shape index (κ1) is 12.3. The summed E-state index contributed by atoms with van der Waals surface area (Å²) in [7, 11) is 0. The Morgan fingerprint density at radius 2 is 1.77 bits per heavy atom. The molecule has 4 rings (SSSR count). The number of aliphatic imine (C=N–C) groups is 1. The summed E-state index contributed by atoms with van der Waals surface area (Å²) in [5.74, 6) is 2.02. The van der Waals surface area contributed by atoms with Gasteiger partial charge in [-0.1, -0.05) is 0 Å². The zero-order valence-electron chi connectivity index (χ0n) is 11.1. The van der Waals surface area contributed by atoms with E-state index in [0.717, 1.165) is 0 Å². The maximum absolute atomic E-state index is 5.17. The van der Waals surface area contributed by atoms with Crippen LogP contribution >= 0.6 is 0 Å². The molecular weight excluding hydrogens is 286 g/mol. The van der Waals surface area contributed by atoms with E-state index in [4.69, 9.17) is 8.83 Å². The lowest BCUT2D eigenvalue weighted by atomic mass is 10.5. The summed E-state index contributed by atoms with van der Waals surface area (Å²) in [6.45, 7) is 0. The highest BCUT2D eigenvalue weighted by atomic mass is 16.3. The van der Waals surface area contributed by atoms with Crippen molar-refractivity contribution in [2.24, 2.45) is 10.1 Å². The van der Waals surface area contributed by atoms with Crippen LogP contribution in [0.1, 0.15) is 11.5 Å². The molecule has 0 aromatic carbocycles. The average molecular weight is 295 g/mol. The van der Waals surface area contributed by atoms with Gasteiger partial charge in [-0.2, -0.15) is 14.3 Å². The molecule has 0 radical (unpaired) electrons. The number of fused-ring (bicyclic) bond motifs is 1. The van der Waals surface area contributed by atoms with Gasteiger partial charge in [-0.25, -0.2) is 4.99 Å². The third-order valence-corrected chi connectivity index (χ3v) is 2.79. The van der Waals surface area contributed by atoms with E-state index in [9.17, 15) is 0 Å². The van der Waals surface area contributed by atoms with Gasteiger partial charge in [-0.3, -0.25) is 0 Å². The zero-order valence-corrected chi connectivity index (χ0v) is 11.1. The van der Waals surface area contributed by atoms with Crippen LogP contribution in [0.2, 0.25) is 0 Å². The van der Waals surface area contributed by atoms with Crippen LogP contribution in [0.4, 0.5) is 5.95 Å². The number of hydrogen-bond acceptors (Lipinski definition) is 7. The predicted octanol–water partition coefficient (Wildman–Crippen LogP) is 1.74. The fourth-order valence-corrected chi connectivity index (χ4v) is 1.79. The summed E-state index contributed by atoms with van der Waals surface area (Å²) in [5.41, 5.74) is 0. The van der Waals surface area contributed by atoms with Crippen molar-refractivity contribution in [2.75, 3.05) is 0 Å². The van der Waals surface area contributed by atoms with Crippen LogP contribution in [0, 0.1) is 0 Å². The molecule has 4 aromatic heterocycles. The van der Waals surface area contributed by atoms with E-state index < -0.39 is 0 Å². The van der Waals surface area contributed by atoms with Gasteiger partial charge in [-0.05, 0) is 24.3 Å². The Labute approximate surface area is 123 Å². The number of rotatable bonds is 4. The number of aromatic nitrogens is 5. The van der Waals surface area contributed by atoms with Crippen molar-refractivity contribution in [1.29, 1.82) is 0 Å². The second kappa shape index (κ2) is 5.13. The van der Waals surface area contributed by atoms with Crippen molar-refractivity contribution in [3.63, 3.8) is 0 Å². The summed E-state index contributed by atoms with van der Waals surface area (Å²) in [6.07, 6.45) is 7.75. The fraction of sp³-hybridized carbons (Fsp3) is 0. The van der Waals surface area contributed by atoms with E-state index in [1.54, 1.807) is 49.2 Å². The molecule has 4 aromatic rings. The molecule has 0 bridgehead atoms. The Morgan fingerprint density at radius 1 is 1.00 bits per heavy atom. The summed E-state index contributed by atoms with van der Waals surface area (Å²) in [6, 6.07) is 7.14. The molecule has 9 heteroatoms. The average Bonchev–Trinajstić information content (AvgIpc) is 3.28. The van der Waals surface area contributed by atoms with Gasteiger partial charge in [0.2, 0.25) is 0 Å². The minimum Gasteiger partial charge on any atom is -0.463 e. The molecule has 0 aliphatic carbocycles. The largest absolute Gasteiger partial charge is 0.463 e. The normalized spacial score (nSPS) is 12.2. The molecular formula is C13H9N7O2. The van der Waals surface area contributed by atoms with Crippen molar-refractivity contribution in [3.8, 4) is 0 Å². The fourth-order valence-electron chi connectivity index (χ4n) is 1.79. The molecule has 0 saturated carbocycles. The lowest BCUT2D eigenvalue weighted by Gasteiger charge is -1.88. The van der Waals surface area contributed by atoms with E-state index >= 15 is 0 Å². The molecule has 0 N–H and O–H groups in total. The topological polar surface area (TPSA) is 99.0 Å².